The van der Waals surface area contributed by atoms with Gasteiger partial charge in [-0.2, -0.15) is 0 Å². The van der Waals surface area contributed by atoms with Crippen molar-refractivity contribution in [3.63, 3.8) is 0 Å². The zero-order chi connectivity index (χ0) is 23.9. The van der Waals surface area contributed by atoms with Gasteiger partial charge in [-0.3, -0.25) is 0 Å². The Labute approximate surface area is 201 Å². The Morgan fingerprint density at radius 1 is 0.939 bits per heavy atom. The van der Waals surface area contributed by atoms with Gasteiger partial charge in [-0.05, 0) is 74.2 Å². The Bertz CT molecular complexity index is 1290. The van der Waals surface area contributed by atoms with Gasteiger partial charge in [0.25, 0.3) is 0 Å². The minimum atomic E-state index is -0.0460. The molecule has 1 N–H and O–H groups in total. The first-order valence-corrected chi connectivity index (χ1v) is 12.0. The summed E-state index contributed by atoms with van der Waals surface area (Å²) in [6, 6.07) is 17.1. The second-order valence-corrected chi connectivity index (χ2v) is 10.8. The van der Waals surface area contributed by atoms with Gasteiger partial charge in [0.05, 0.1) is 11.1 Å². The zero-order valence-corrected chi connectivity index (χ0v) is 21.6. The predicted molar refractivity (Wildman–Crippen MR) is 142 cm³/mol. The van der Waals surface area contributed by atoms with Gasteiger partial charge in [0.15, 0.2) is 11.5 Å². The van der Waals surface area contributed by atoms with E-state index in [0.29, 0.717) is 0 Å². The minimum Gasteiger partial charge on any atom is -0.378 e. The second kappa shape index (κ2) is 8.75. The summed E-state index contributed by atoms with van der Waals surface area (Å²) >= 11 is 1.57. The average Bonchev–Trinajstić information content (AvgIpc) is 3.09. The van der Waals surface area contributed by atoms with Crippen LogP contribution in [-0.4, -0.2) is 28.9 Å². The first kappa shape index (κ1) is 23.2. The van der Waals surface area contributed by atoms with E-state index < -0.39 is 0 Å². The molecule has 33 heavy (non-hydrogen) atoms. The molecule has 0 aliphatic heterocycles. The van der Waals surface area contributed by atoms with Gasteiger partial charge in [-0.1, -0.05) is 44.5 Å². The van der Waals surface area contributed by atoms with E-state index in [1.807, 2.05) is 4.68 Å². The highest BCUT2D eigenvalue weighted by Gasteiger charge is 2.21. The molecule has 2 aromatic carbocycles. The molecule has 0 aliphatic carbocycles. The summed E-state index contributed by atoms with van der Waals surface area (Å²) < 4.78 is 5.50. The van der Waals surface area contributed by atoms with Crippen LogP contribution in [0.1, 0.15) is 43.2 Å². The van der Waals surface area contributed by atoms with Crippen LogP contribution in [0.15, 0.2) is 53.4 Å². The van der Waals surface area contributed by atoms with Crippen molar-refractivity contribution in [3.05, 3.63) is 70.9 Å². The second-order valence-electron chi connectivity index (χ2n) is 9.92. The van der Waals surface area contributed by atoms with Crippen LogP contribution in [0.2, 0.25) is 0 Å². The lowest BCUT2D eigenvalue weighted by molar-refractivity contribution is 0.570. The SMILES string of the molecule is Cc1cc(C)c(-n2nc(NSc3cccc(N(C)C)c3)c3ccc(C(C)(C)C)nc32)c(C)c1. The van der Waals surface area contributed by atoms with E-state index in [1.54, 1.807) is 11.9 Å². The summed E-state index contributed by atoms with van der Waals surface area (Å²) in [5.74, 6) is 0.817. The lowest BCUT2D eigenvalue weighted by Crippen LogP contribution is -2.14. The normalized spacial score (nSPS) is 11.8. The van der Waals surface area contributed by atoms with Gasteiger partial charge in [0, 0.05) is 35.8 Å². The van der Waals surface area contributed by atoms with Crippen molar-refractivity contribution in [1.82, 2.24) is 14.8 Å². The van der Waals surface area contributed by atoms with E-state index >= 15 is 0 Å². The molecule has 0 bridgehead atoms. The maximum Gasteiger partial charge on any atom is 0.168 e. The molecule has 4 rings (SSSR count). The summed E-state index contributed by atoms with van der Waals surface area (Å²) in [6.07, 6.45) is 0. The number of benzene rings is 2. The molecule has 0 radical (unpaired) electrons. The van der Waals surface area contributed by atoms with Gasteiger partial charge in [-0.25, -0.2) is 9.67 Å². The van der Waals surface area contributed by atoms with Crippen molar-refractivity contribution >= 4 is 34.5 Å². The first-order chi connectivity index (χ1) is 15.5. The van der Waals surface area contributed by atoms with Crippen molar-refractivity contribution in [3.8, 4) is 5.69 Å². The molecule has 0 aliphatic rings. The molecule has 4 aromatic rings. The summed E-state index contributed by atoms with van der Waals surface area (Å²) in [6.45, 7) is 13.0. The number of rotatable bonds is 5. The number of hydrogen-bond donors (Lipinski definition) is 1. The topological polar surface area (TPSA) is 46.0 Å². The molecule has 0 spiro atoms. The maximum atomic E-state index is 5.08. The van der Waals surface area contributed by atoms with Crippen molar-refractivity contribution in [1.29, 1.82) is 0 Å². The van der Waals surface area contributed by atoms with Crippen LogP contribution in [-0.2, 0) is 5.41 Å². The maximum absolute atomic E-state index is 5.08. The average molecular weight is 460 g/mol. The van der Waals surface area contributed by atoms with Gasteiger partial charge < -0.3 is 9.62 Å². The highest BCUT2D eigenvalue weighted by Crippen LogP contribution is 2.33. The zero-order valence-electron chi connectivity index (χ0n) is 20.8. The van der Waals surface area contributed by atoms with Crippen molar-refractivity contribution in [2.24, 2.45) is 0 Å². The predicted octanol–water partition coefficient (Wildman–Crippen LogP) is 6.83. The fourth-order valence-corrected chi connectivity index (χ4v) is 4.78. The third-order valence-corrected chi connectivity index (χ3v) is 6.53. The molecule has 2 heterocycles. The number of fused-ring (bicyclic) bond motifs is 1. The highest BCUT2D eigenvalue weighted by molar-refractivity contribution is 8.00. The number of aromatic nitrogens is 3. The van der Waals surface area contributed by atoms with Crippen LogP contribution >= 0.6 is 11.9 Å². The van der Waals surface area contributed by atoms with Crippen molar-refractivity contribution in [2.45, 2.75) is 51.9 Å². The lowest BCUT2D eigenvalue weighted by Gasteiger charge is -2.18. The minimum absolute atomic E-state index is 0.0460. The summed E-state index contributed by atoms with van der Waals surface area (Å²) in [5.41, 5.74) is 7.78. The molecule has 2 aromatic heterocycles. The smallest absolute Gasteiger partial charge is 0.168 e. The van der Waals surface area contributed by atoms with E-state index in [0.717, 1.165) is 33.1 Å². The number of aryl methyl sites for hydroxylation is 3. The number of hydrogen-bond acceptors (Lipinski definition) is 5. The van der Waals surface area contributed by atoms with E-state index in [1.165, 1.54) is 22.4 Å². The summed E-state index contributed by atoms with van der Waals surface area (Å²) in [5, 5.41) is 6.03. The first-order valence-electron chi connectivity index (χ1n) is 11.2. The van der Waals surface area contributed by atoms with Crippen LogP contribution in [0, 0.1) is 20.8 Å². The fourth-order valence-electron chi connectivity index (χ4n) is 4.08. The molecule has 172 valence electrons. The van der Waals surface area contributed by atoms with E-state index in [2.05, 4.69) is 114 Å². The molecule has 0 unspecified atom stereocenters. The van der Waals surface area contributed by atoms with E-state index in [4.69, 9.17) is 10.1 Å². The molecule has 0 amide bonds. The summed E-state index contributed by atoms with van der Waals surface area (Å²) in [4.78, 5) is 8.32. The molecule has 6 heteroatoms. The third-order valence-electron chi connectivity index (χ3n) is 5.75. The van der Waals surface area contributed by atoms with Crippen LogP contribution < -0.4 is 9.62 Å². The van der Waals surface area contributed by atoms with Crippen molar-refractivity contribution < 1.29 is 0 Å². The highest BCUT2D eigenvalue weighted by atomic mass is 32.2. The number of nitrogens with zero attached hydrogens (tertiary/aromatic N) is 4. The summed E-state index contributed by atoms with van der Waals surface area (Å²) in [7, 11) is 4.11. The molecule has 0 saturated carbocycles. The van der Waals surface area contributed by atoms with Crippen LogP contribution in [0.25, 0.3) is 16.7 Å². The van der Waals surface area contributed by atoms with Gasteiger partial charge in [-0.15, -0.1) is 5.10 Å². The lowest BCUT2D eigenvalue weighted by atomic mass is 9.91. The third kappa shape index (κ3) is 4.71. The Morgan fingerprint density at radius 3 is 2.27 bits per heavy atom. The molecular formula is C27H33N5S. The number of anilines is 2. The number of pyridine rings is 1. The Kier molecular flexibility index (Phi) is 6.14. The van der Waals surface area contributed by atoms with E-state index in [9.17, 15) is 0 Å². The Hall–Kier alpha value is -2.99. The van der Waals surface area contributed by atoms with Crippen LogP contribution in [0.5, 0.6) is 0 Å². The molecule has 0 saturated heterocycles. The number of nitrogens with one attached hydrogen (secondary N) is 1. The molecule has 5 nitrogen and oxygen atoms in total. The monoisotopic (exact) mass is 459 g/mol. The standard InChI is InChI=1S/C27H33N5S/c1-17-14-18(2)24(19(3)15-17)32-26-22(12-13-23(28-26)27(4,5)6)25(29-32)30-33-21-11-9-10-20(16-21)31(7)8/h9-16H,1-8H3,(H,29,30). The largest absolute Gasteiger partial charge is 0.378 e. The van der Waals surface area contributed by atoms with E-state index in [-0.39, 0.29) is 5.41 Å². The van der Waals surface area contributed by atoms with Crippen LogP contribution in [0.4, 0.5) is 11.5 Å². The Balaban J connectivity index is 1.82. The quantitative estimate of drug-likeness (QED) is 0.332. The fraction of sp³-hybridized carbons (Fsp3) is 0.333. The van der Waals surface area contributed by atoms with Gasteiger partial charge in [0.1, 0.15) is 0 Å². The van der Waals surface area contributed by atoms with Crippen molar-refractivity contribution in [2.75, 3.05) is 23.7 Å². The molecule has 0 atom stereocenters. The van der Waals surface area contributed by atoms with Gasteiger partial charge in [0.2, 0.25) is 0 Å². The van der Waals surface area contributed by atoms with Gasteiger partial charge >= 0.3 is 0 Å². The molecule has 0 fully saturated rings. The Morgan fingerprint density at radius 2 is 1.64 bits per heavy atom. The van der Waals surface area contributed by atoms with Crippen LogP contribution in [0.3, 0.4) is 0 Å². The molecular weight excluding hydrogens is 426 g/mol.